The number of carbonyl (C=O) groups is 1. The van der Waals surface area contributed by atoms with Crippen LogP contribution in [0.15, 0.2) is 65.6 Å². The van der Waals surface area contributed by atoms with Crippen molar-refractivity contribution in [3.63, 3.8) is 0 Å². The van der Waals surface area contributed by atoms with E-state index >= 15 is 0 Å². The number of halogens is 2. The summed E-state index contributed by atoms with van der Waals surface area (Å²) in [5, 5.41) is 14.0. The predicted molar refractivity (Wildman–Crippen MR) is 107 cm³/mol. The maximum absolute atomic E-state index is 12.5. The number of anilines is 1. The Hall–Kier alpha value is -3.16. The Bertz CT molecular complexity index is 1130. The highest BCUT2D eigenvalue weighted by Crippen LogP contribution is 2.27. The standard InChI is InChI=1S/C19H13Cl2N3O4/c20-15-4-2-1-3-12(15)10-23-11-13(5-8-18(23)25)19(26)22-14-6-7-16(21)17(9-14)24(27)28/h1-9,11H,10H2,(H,22,26). The lowest BCUT2D eigenvalue weighted by Gasteiger charge is -2.10. The second-order valence-electron chi connectivity index (χ2n) is 5.85. The van der Waals surface area contributed by atoms with Crippen LogP contribution >= 0.6 is 23.2 Å². The summed E-state index contributed by atoms with van der Waals surface area (Å²) >= 11 is 11.9. The normalized spacial score (nSPS) is 10.5. The number of benzene rings is 2. The molecule has 2 aromatic carbocycles. The summed E-state index contributed by atoms with van der Waals surface area (Å²) in [6.07, 6.45) is 1.41. The molecule has 142 valence electrons. The van der Waals surface area contributed by atoms with Crippen LogP contribution in [0.2, 0.25) is 10.0 Å². The Kier molecular flexibility index (Phi) is 5.77. The highest BCUT2D eigenvalue weighted by molar-refractivity contribution is 6.32. The minimum absolute atomic E-state index is 0.0312. The summed E-state index contributed by atoms with van der Waals surface area (Å²) in [6.45, 7) is 0.200. The van der Waals surface area contributed by atoms with Gasteiger partial charge in [0.05, 0.1) is 17.0 Å². The van der Waals surface area contributed by atoms with Crippen LogP contribution < -0.4 is 10.9 Å². The largest absolute Gasteiger partial charge is 0.322 e. The first kappa shape index (κ1) is 19.6. The number of pyridine rings is 1. The van der Waals surface area contributed by atoms with Gasteiger partial charge in [-0.2, -0.15) is 0 Å². The van der Waals surface area contributed by atoms with Gasteiger partial charge >= 0.3 is 0 Å². The Balaban J connectivity index is 1.85. The number of carbonyl (C=O) groups excluding carboxylic acids is 1. The Labute approximate surface area is 169 Å². The smallest absolute Gasteiger partial charge is 0.289 e. The Morgan fingerprint density at radius 3 is 2.54 bits per heavy atom. The van der Waals surface area contributed by atoms with E-state index in [1.807, 2.05) is 0 Å². The lowest BCUT2D eigenvalue weighted by Crippen LogP contribution is -2.22. The van der Waals surface area contributed by atoms with Gasteiger partial charge < -0.3 is 9.88 Å². The Morgan fingerprint density at radius 1 is 1.07 bits per heavy atom. The van der Waals surface area contributed by atoms with Gasteiger partial charge in [-0.3, -0.25) is 19.7 Å². The van der Waals surface area contributed by atoms with E-state index in [2.05, 4.69) is 5.32 Å². The average molecular weight is 418 g/mol. The van der Waals surface area contributed by atoms with Gasteiger partial charge in [-0.25, -0.2) is 0 Å². The molecule has 3 aromatic rings. The van der Waals surface area contributed by atoms with Crippen LogP contribution in [-0.4, -0.2) is 15.4 Å². The van der Waals surface area contributed by atoms with Crippen molar-refractivity contribution in [2.75, 3.05) is 5.32 Å². The molecule has 0 aliphatic carbocycles. The predicted octanol–water partition coefficient (Wildman–Crippen LogP) is 4.36. The van der Waals surface area contributed by atoms with E-state index in [-0.39, 0.29) is 34.1 Å². The summed E-state index contributed by atoms with van der Waals surface area (Å²) in [5.74, 6) is -0.524. The van der Waals surface area contributed by atoms with Gasteiger partial charge in [0.1, 0.15) is 5.02 Å². The molecule has 3 rings (SSSR count). The summed E-state index contributed by atoms with van der Waals surface area (Å²) in [5.41, 5.74) is 0.549. The topological polar surface area (TPSA) is 94.2 Å². The van der Waals surface area contributed by atoms with Crippen molar-refractivity contribution in [3.8, 4) is 0 Å². The molecular weight excluding hydrogens is 405 g/mol. The molecule has 9 heteroatoms. The van der Waals surface area contributed by atoms with Crippen molar-refractivity contribution in [3.05, 3.63) is 102 Å². The maximum Gasteiger partial charge on any atom is 0.289 e. The second-order valence-corrected chi connectivity index (χ2v) is 6.67. The number of nitro groups is 1. The van der Waals surface area contributed by atoms with E-state index in [4.69, 9.17) is 23.2 Å². The molecule has 0 radical (unpaired) electrons. The molecule has 0 fully saturated rings. The van der Waals surface area contributed by atoms with Crippen LogP contribution in [0.25, 0.3) is 0 Å². The van der Waals surface area contributed by atoms with Gasteiger partial charge in [0.15, 0.2) is 0 Å². The van der Waals surface area contributed by atoms with Crippen molar-refractivity contribution < 1.29 is 9.72 Å². The molecule has 1 heterocycles. The van der Waals surface area contributed by atoms with E-state index in [1.54, 1.807) is 24.3 Å². The molecule has 1 N–H and O–H groups in total. The van der Waals surface area contributed by atoms with E-state index in [0.717, 1.165) is 5.56 Å². The summed E-state index contributed by atoms with van der Waals surface area (Å²) < 4.78 is 1.36. The lowest BCUT2D eigenvalue weighted by molar-refractivity contribution is -0.384. The minimum atomic E-state index is -0.637. The van der Waals surface area contributed by atoms with Crippen molar-refractivity contribution in [1.82, 2.24) is 4.57 Å². The van der Waals surface area contributed by atoms with Crippen molar-refractivity contribution in [1.29, 1.82) is 0 Å². The summed E-state index contributed by atoms with van der Waals surface area (Å²) in [7, 11) is 0. The number of nitro benzene ring substituents is 1. The highest BCUT2D eigenvalue weighted by atomic mass is 35.5. The molecule has 0 atom stereocenters. The van der Waals surface area contributed by atoms with Crippen molar-refractivity contribution in [2.24, 2.45) is 0 Å². The number of nitrogens with zero attached hydrogens (tertiary/aromatic N) is 2. The summed E-state index contributed by atoms with van der Waals surface area (Å²) in [6, 6.07) is 13.7. The number of hydrogen-bond acceptors (Lipinski definition) is 4. The van der Waals surface area contributed by atoms with Crippen LogP contribution in [0.3, 0.4) is 0 Å². The number of rotatable bonds is 5. The van der Waals surface area contributed by atoms with E-state index in [9.17, 15) is 19.7 Å². The third kappa shape index (κ3) is 4.39. The number of aromatic nitrogens is 1. The molecule has 1 amide bonds. The van der Waals surface area contributed by atoms with Gasteiger partial charge in [-0.15, -0.1) is 0 Å². The highest BCUT2D eigenvalue weighted by Gasteiger charge is 2.15. The van der Waals surface area contributed by atoms with Crippen LogP contribution in [-0.2, 0) is 6.54 Å². The minimum Gasteiger partial charge on any atom is -0.322 e. The fourth-order valence-electron chi connectivity index (χ4n) is 2.53. The van der Waals surface area contributed by atoms with Crippen LogP contribution in [0.1, 0.15) is 15.9 Å². The first-order valence-corrected chi connectivity index (χ1v) is 8.80. The van der Waals surface area contributed by atoms with Gasteiger partial charge in [0, 0.05) is 29.0 Å². The van der Waals surface area contributed by atoms with Crippen molar-refractivity contribution in [2.45, 2.75) is 6.54 Å². The van der Waals surface area contributed by atoms with Crippen LogP contribution in [0, 0.1) is 10.1 Å². The van der Waals surface area contributed by atoms with Crippen LogP contribution in [0.5, 0.6) is 0 Å². The van der Waals surface area contributed by atoms with E-state index in [0.29, 0.717) is 5.02 Å². The van der Waals surface area contributed by atoms with E-state index in [1.165, 1.54) is 41.1 Å². The zero-order chi connectivity index (χ0) is 20.3. The number of amides is 1. The van der Waals surface area contributed by atoms with Crippen LogP contribution in [0.4, 0.5) is 11.4 Å². The number of hydrogen-bond donors (Lipinski definition) is 1. The zero-order valence-corrected chi connectivity index (χ0v) is 15.8. The lowest BCUT2D eigenvalue weighted by atomic mass is 10.2. The molecule has 28 heavy (non-hydrogen) atoms. The molecule has 0 bridgehead atoms. The summed E-state index contributed by atoms with van der Waals surface area (Å²) in [4.78, 5) is 35.0. The number of nitrogens with one attached hydrogen (secondary N) is 1. The fourth-order valence-corrected chi connectivity index (χ4v) is 2.92. The molecule has 7 nitrogen and oxygen atoms in total. The first-order chi connectivity index (χ1) is 13.3. The SMILES string of the molecule is O=C(Nc1ccc(Cl)c([N+](=O)[O-])c1)c1ccc(=O)n(Cc2ccccc2Cl)c1. The van der Waals surface area contributed by atoms with Gasteiger partial charge in [0.25, 0.3) is 17.2 Å². The molecule has 0 aliphatic rings. The maximum atomic E-state index is 12.5. The molecule has 1 aromatic heterocycles. The zero-order valence-electron chi connectivity index (χ0n) is 14.3. The third-order valence-electron chi connectivity index (χ3n) is 3.94. The molecule has 0 aliphatic heterocycles. The van der Waals surface area contributed by atoms with Crippen molar-refractivity contribution >= 4 is 40.5 Å². The average Bonchev–Trinajstić information content (AvgIpc) is 2.66. The van der Waals surface area contributed by atoms with E-state index < -0.39 is 10.8 Å². The Morgan fingerprint density at radius 2 is 1.82 bits per heavy atom. The molecule has 0 saturated carbocycles. The fraction of sp³-hybridized carbons (Fsp3) is 0.0526. The monoisotopic (exact) mass is 417 g/mol. The molecule has 0 spiro atoms. The molecular formula is C19H13Cl2N3O4. The van der Waals surface area contributed by atoms with Gasteiger partial charge in [-0.05, 0) is 29.8 Å². The molecule has 0 unspecified atom stereocenters. The third-order valence-corrected chi connectivity index (χ3v) is 4.63. The molecule has 0 saturated heterocycles. The first-order valence-electron chi connectivity index (χ1n) is 8.04. The van der Waals surface area contributed by atoms with Gasteiger partial charge in [0.2, 0.25) is 0 Å². The van der Waals surface area contributed by atoms with Gasteiger partial charge in [-0.1, -0.05) is 41.4 Å². The quantitative estimate of drug-likeness (QED) is 0.492. The second kappa shape index (κ2) is 8.24.